The number of hydrogen-bond acceptors (Lipinski definition) is 11. The number of halogens is 1. The van der Waals surface area contributed by atoms with Crippen LogP contribution in [0.1, 0.15) is 41.5 Å². The van der Waals surface area contributed by atoms with Gasteiger partial charge in [-0.1, -0.05) is 33.5 Å². The number of pyridine rings is 2. The Labute approximate surface area is 247 Å². The minimum Gasteiger partial charge on any atom is -0.594 e. The molecule has 0 aliphatic rings. The maximum atomic E-state index is 11.9. The van der Waals surface area contributed by atoms with Crippen LogP contribution in [0.15, 0.2) is 57.8 Å². The third kappa shape index (κ3) is 24.2. The third-order valence-electron chi connectivity index (χ3n) is 3.48. The highest BCUT2D eigenvalue weighted by molar-refractivity contribution is 8.12. The van der Waals surface area contributed by atoms with Gasteiger partial charge in [-0.2, -0.15) is 8.42 Å². The number of aromatic nitrogens is 2. The average molecular weight is 639 g/mol. The van der Waals surface area contributed by atoms with Gasteiger partial charge in [0, 0.05) is 80.4 Å². The summed E-state index contributed by atoms with van der Waals surface area (Å²) in [6, 6.07) is 7.14. The Morgan fingerprint density at radius 1 is 0.951 bits per heavy atom. The summed E-state index contributed by atoms with van der Waals surface area (Å²) in [5, 5.41) is 20.0. The number of carbonyl (C=O) groups excluding carboxylic acids is 1. The predicted octanol–water partition coefficient (Wildman–Crippen LogP) is 1.40. The Balaban J connectivity index is 0. The zero-order valence-corrected chi connectivity index (χ0v) is 27.2. The molecule has 17 heteroatoms. The minimum absolute atomic E-state index is 0.500. The summed E-state index contributed by atoms with van der Waals surface area (Å²) in [6.07, 6.45) is 5.84. The summed E-state index contributed by atoms with van der Waals surface area (Å²) < 4.78 is 53.9. The molecule has 2 aromatic heterocycles. The zero-order chi connectivity index (χ0) is 32.7. The van der Waals surface area contributed by atoms with Crippen LogP contribution in [0, 0.1) is 0 Å². The van der Waals surface area contributed by atoms with E-state index in [-0.39, 0.29) is 0 Å². The molecule has 2 rings (SSSR count). The molecule has 0 saturated heterocycles. The molecule has 1 N–H and O–H groups in total. The Bertz CT molecular complexity index is 1330. The maximum absolute atomic E-state index is 11.9. The fourth-order valence-electron chi connectivity index (χ4n) is 1.97. The first-order valence-electron chi connectivity index (χ1n) is 11.6. The number of ether oxygens (including phenoxy) is 1. The summed E-state index contributed by atoms with van der Waals surface area (Å²) in [5.74, 6) is 0. The molecule has 41 heavy (non-hydrogen) atoms. The fourth-order valence-corrected chi connectivity index (χ4v) is 2.89. The molecule has 0 aliphatic heterocycles. The van der Waals surface area contributed by atoms with Crippen LogP contribution in [0.2, 0.25) is 0 Å². The number of aliphatic hydroxyl groups is 1. The molecule has 14 nitrogen and oxygen atoms in total. The number of rotatable bonds is 5. The third-order valence-corrected chi connectivity index (χ3v) is 5.13. The van der Waals surface area contributed by atoms with E-state index in [0.29, 0.717) is 0 Å². The van der Waals surface area contributed by atoms with Crippen molar-refractivity contribution in [1.82, 2.24) is 4.98 Å². The molecule has 0 saturated carbocycles. The van der Waals surface area contributed by atoms with Crippen molar-refractivity contribution in [2.24, 2.45) is 8.80 Å². The van der Waals surface area contributed by atoms with Gasteiger partial charge in [-0.25, -0.2) is 4.79 Å². The van der Waals surface area contributed by atoms with Gasteiger partial charge in [0.25, 0.3) is 6.08 Å². The highest BCUT2D eigenvalue weighted by Crippen LogP contribution is 2.08. The van der Waals surface area contributed by atoms with Crippen LogP contribution in [0.4, 0.5) is 11.4 Å². The van der Waals surface area contributed by atoms with E-state index < -0.39 is 36.7 Å². The topological polar surface area (TPSA) is 186 Å². The van der Waals surface area contributed by atoms with E-state index in [1.165, 1.54) is 18.1 Å². The number of hydrogen-bond donors (Lipinski definition) is 1. The van der Waals surface area contributed by atoms with Crippen molar-refractivity contribution in [3.8, 4) is 0 Å². The first kappa shape index (κ1) is 39.8. The van der Waals surface area contributed by atoms with Gasteiger partial charge in [0.2, 0.25) is 0 Å². The Hall–Kier alpha value is -3.30. The van der Waals surface area contributed by atoms with Crippen molar-refractivity contribution >= 4 is 53.7 Å². The lowest BCUT2D eigenvalue weighted by molar-refractivity contribution is -0.511. The van der Waals surface area contributed by atoms with Gasteiger partial charge in [0.15, 0.2) is 18.5 Å². The molecule has 0 spiro atoms. The molecule has 232 valence electrons. The Morgan fingerprint density at radius 2 is 1.34 bits per heavy atom. The molecule has 0 unspecified atom stereocenters. The number of nitrogens with zero attached hydrogens (tertiary/aromatic N) is 6. The van der Waals surface area contributed by atoms with Gasteiger partial charge in [-0.05, 0) is 32.9 Å². The van der Waals surface area contributed by atoms with E-state index in [0.717, 1.165) is 15.7 Å². The van der Waals surface area contributed by atoms with Crippen molar-refractivity contribution in [3.63, 3.8) is 0 Å². The summed E-state index contributed by atoms with van der Waals surface area (Å²) in [6.45, 7) is 10.1. The predicted molar refractivity (Wildman–Crippen MR) is 157 cm³/mol. The monoisotopic (exact) mass is 638 g/mol. The summed E-state index contributed by atoms with van der Waals surface area (Å²) in [5.41, 5.74) is 0.717. The van der Waals surface area contributed by atoms with Crippen LogP contribution in [0.5, 0.6) is 0 Å². The minimum atomic E-state index is -4.13. The molecule has 0 atom stereocenters. The second-order valence-corrected chi connectivity index (χ2v) is 13.9. The summed E-state index contributed by atoms with van der Waals surface area (Å²) in [7, 11) is 3.93. The largest absolute Gasteiger partial charge is 0.594 e. The van der Waals surface area contributed by atoms with E-state index >= 15 is 0 Å². The molecule has 0 aromatic carbocycles. The lowest BCUT2D eigenvalue weighted by Crippen LogP contribution is -2.43. The zero-order valence-electron chi connectivity index (χ0n) is 24.8. The second kappa shape index (κ2) is 17.5. The maximum Gasteiger partial charge on any atom is 0.493 e. The molecular formula is C24H39ClN6O8S2. The highest BCUT2D eigenvalue weighted by Gasteiger charge is 2.21. The van der Waals surface area contributed by atoms with E-state index in [2.05, 4.69) is 24.5 Å². The van der Waals surface area contributed by atoms with Crippen LogP contribution < -0.4 is 18.9 Å². The summed E-state index contributed by atoms with van der Waals surface area (Å²) >= 11 is 0. The average Bonchev–Trinajstić information content (AvgIpc) is 2.77. The molecular weight excluding hydrogens is 600 g/mol. The van der Waals surface area contributed by atoms with Crippen molar-refractivity contribution in [2.75, 3.05) is 38.0 Å². The van der Waals surface area contributed by atoms with Gasteiger partial charge >= 0.3 is 19.4 Å². The van der Waals surface area contributed by atoms with Crippen molar-refractivity contribution in [1.29, 1.82) is 0 Å². The quantitative estimate of drug-likeness (QED) is 0.164. The van der Waals surface area contributed by atoms with E-state index in [4.69, 9.17) is 14.6 Å². The van der Waals surface area contributed by atoms with Gasteiger partial charge in [-0.3, -0.25) is 4.98 Å². The second-order valence-electron chi connectivity index (χ2n) is 10.2. The van der Waals surface area contributed by atoms with E-state index in [9.17, 15) is 21.9 Å². The Morgan fingerprint density at radius 3 is 1.61 bits per heavy atom. The van der Waals surface area contributed by atoms with Gasteiger partial charge < -0.3 is 24.7 Å². The standard InChI is InChI=1S/C12H19N3O4S.C7H10N2.C4H10O.CClNO3S/c1-12(2,3)19-11(16)13-20(17,18)15-8-6-10(7-9-15)14(4)5;1-9(2)7-3-5-8-6-4-7;1-4(2,3)5;2-7(5,6)3-1-4/h6-9H,1-5H3;3-6H,1-2H3;5H,1-3H3;. The molecule has 0 radical (unpaired) electrons. The van der Waals surface area contributed by atoms with Crippen molar-refractivity contribution < 1.29 is 40.6 Å². The van der Waals surface area contributed by atoms with Crippen LogP contribution in [0.25, 0.3) is 0 Å². The number of isocyanates is 1. The smallest absolute Gasteiger partial charge is 0.493 e. The lowest BCUT2D eigenvalue weighted by Gasteiger charge is -2.28. The highest BCUT2D eigenvalue weighted by atomic mass is 35.7. The SMILES string of the molecule is CC(C)(C)O.CN(C)c1cc[n+](S(=O)(=O)N=C([O-])OC(C)(C)C)cc1.CN(C)c1ccncc1.O=C=NS(=O)(=O)Cl. The Kier molecular flexibility index (Phi) is 17.0. The fraction of sp³-hybridized carbons (Fsp3) is 0.500. The van der Waals surface area contributed by atoms with Gasteiger partial charge in [-0.15, -0.1) is 8.42 Å². The molecule has 0 amide bonds. The van der Waals surface area contributed by atoms with E-state index in [1.54, 1.807) is 66.1 Å². The van der Waals surface area contributed by atoms with Crippen LogP contribution in [-0.4, -0.2) is 78.5 Å². The summed E-state index contributed by atoms with van der Waals surface area (Å²) in [4.78, 5) is 16.8. The normalized spacial score (nSPS) is 11.6. The van der Waals surface area contributed by atoms with Gasteiger partial charge in [0.05, 0.1) is 5.60 Å². The van der Waals surface area contributed by atoms with Crippen LogP contribution in [-0.2, 0) is 29.0 Å². The molecule has 0 fully saturated rings. The molecule has 0 aliphatic carbocycles. The molecule has 0 bridgehead atoms. The molecule has 2 aromatic rings. The van der Waals surface area contributed by atoms with Crippen LogP contribution in [0.3, 0.4) is 0 Å². The molecule has 2 heterocycles. The van der Waals surface area contributed by atoms with Gasteiger partial charge in [0.1, 0.15) is 0 Å². The van der Waals surface area contributed by atoms with Crippen LogP contribution >= 0.6 is 10.7 Å². The lowest BCUT2D eigenvalue weighted by atomic mass is 10.2. The number of anilines is 2. The van der Waals surface area contributed by atoms with Crippen molar-refractivity contribution in [2.45, 2.75) is 52.7 Å². The first-order chi connectivity index (χ1) is 18.4. The van der Waals surface area contributed by atoms with E-state index in [1.807, 2.05) is 50.1 Å². The first-order valence-corrected chi connectivity index (χ1v) is 15.3. The van der Waals surface area contributed by atoms with Crippen molar-refractivity contribution in [3.05, 3.63) is 49.1 Å².